The first-order valence-electron chi connectivity index (χ1n) is 7.36. The van der Waals surface area contributed by atoms with E-state index >= 15 is 0 Å². The van der Waals surface area contributed by atoms with E-state index in [2.05, 4.69) is 4.99 Å². The molecule has 1 aliphatic heterocycles. The molecule has 0 N–H and O–H groups in total. The lowest BCUT2D eigenvalue weighted by Gasteiger charge is -2.48. The second-order valence-corrected chi connectivity index (χ2v) is 5.88. The SMILES string of the molecule is O=C1C(F)=C(C(F)(F)F)[C@](c2ccccc2)(C(F)(F)F)[C@H]2C=CC=NC12. The number of fused-ring (bicyclic) bond motifs is 1. The Hall–Kier alpha value is -2.45. The third-order valence-electron chi connectivity index (χ3n) is 4.55. The number of hydrogen-bond donors (Lipinski definition) is 0. The minimum Gasteiger partial charge on any atom is -0.289 e. The summed E-state index contributed by atoms with van der Waals surface area (Å²) in [5.41, 5.74) is -7.13. The number of halogens is 7. The average Bonchev–Trinajstić information content (AvgIpc) is 2.56. The van der Waals surface area contributed by atoms with Gasteiger partial charge in [-0.25, -0.2) is 4.39 Å². The maximum atomic E-state index is 14.4. The van der Waals surface area contributed by atoms with Crippen LogP contribution in [0.2, 0.25) is 0 Å². The van der Waals surface area contributed by atoms with Gasteiger partial charge in [-0.05, 0) is 11.6 Å². The molecular weight excluding hydrogens is 367 g/mol. The Bertz CT molecular complexity index is 820. The molecule has 0 bridgehead atoms. The van der Waals surface area contributed by atoms with Crippen molar-refractivity contribution in [3.05, 3.63) is 59.4 Å². The molecule has 9 heteroatoms. The molecule has 2 aliphatic rings. The van der Waals surface area contributed by atoms with Crippen molar-refractivity contribution in [1.29, 1.82) is 0 Å². The molecule has 1 aromatic rings. The summed E-state index contributed by atoms with van der Waals surface area (Å²) < 4.78 is 98.0. The van der Waals surface area contributed by atoms with Crippen LogP contribution in [0.3, 0.4) is 0 Å². The molecule has 0 aromatic heterocycles. The van der Waals surface area contributed by atoms with Crippen LogP contribution in [0.1, 0.15) is 5.56 Å². The van der Waals surface area contributed by atoms with Crippen LogP contribution in [-0.2, 0) is 10.2 Å². The Morgan fingerprint density at radius 1 is 1.00 bits per heavy atom. The number of Topliss-reactive ketones (excluding diaryl/α,β-unsaturated/α-hetero) is 1. The molecule has 0 fully saturated rings. The Morgan fingerprint density at radius 2 is 1.62 bits per heavy atom. The number of ketones is 1. The van der Waals surface area contributed by atoms with E-state index in [1.54, 1.807) is 0 Å². The maximum absolute atomic E-state index is 14.4. The Labute approximate surface area is 142 Å². The van der Waals surface area contributed by atoms with Crippen LogP contribution >= 0.6 is 0 Å². The molecule has 1 unspecified atom stereocenters. The van der Waals surface area contributed by atoms with E-state index in [1.807, 2.05) is 0 Å². The van der Waals surface area contributed by atoms with Gasteiger partial charge in [0.05, 0.1) is 5.57 Å². The van der Waals surface area contributed by atoms with Gasteiger partial charge in [0.25, 0.3) is 0 Å². The molecule has 1 aromatic carbocycles. The zero-order valence-corrected chi connectivity index (χ0v) is 12.8. The number of hydrogen-bond acceptors (Lipinski definition) is 2. The second kappa shape index (κ2) is 5.78. The van der Waals surface area contributed by atoms with Gasteiger partial charge in [0.15, 0.2) is 5.83 Å². The van der Waals surface area contributed by atoms with E-state index in [0.29, 0.717) is 0 Å². The zero-order valence-electron chi connectivity index (χ0n) is 12.8. The van der Waals surface area contributed by atoms with Crippen LogP contribution in [0.4, 0.5) is 30.7 Å². The normalized spacial score (nSPS) is 29.1. The lowest BCUT2D eigenvalue weighted by Crippen LogP contribution is -2.60. The minimum atomic E-state index is -5.72. The molecule has 0 saturated carbocycles. The lowest BCUT2D eigenvalue weighted by molar-refractivity contribution is -0.215. The number of dihydropyridines is 1. The fraction of sp³-hybridized carbons (Fsp3) is 0.294. The molecule has 138 valence electrons. The van der Waals surface area contributed by atoms with Crippen molar-refractivity contribution in [1.82, 2.24) is 0 Å². The summed E-state index contributed by atoms with van der Waals surface area (Å²) in [5, 5.41) is 0. The van der Waals surface area contributed by atoms with E-state index < -0.39 is 52.5 Å². The number of aliphatic imine (C=N–C) groups is 1. The number of rotatable bonds is 1. The summed E-state index contributed by atoms with van der Waals surface area (Å²) in [6.45, 7) is 0. The van der Waals surface area contributed by atoms with Crippen molar-refractivity contribution in [2.75, 3.05) is 0 Å². The van der Waals surface area contributed by atoms with E-state index in [9.17, 15) is 35.5 Å². The Kier molecular flexibility index (Phi) is 4.08. The van der Waals surface area contributed by atoms with Gasteiger partial charge in [0.1, 0.15) is 11.5 Å². The number of alkyl halides is 6. The van der Waals surface area contributed by atoms with Crippen molar-refractivity contribution in [3.8, 4) is 0 Å². The minimum absolute atomic E-state index is 0.806. The number of benzene rings is 1. The molecule has 1 aliphatic carbocycles. The second-order valence-electron chi connectivity index (χ2n) is 5.88. The third-order valence-corrected chi connectivity index (χ3v) is 4.55. The van der Waals surface area contributed by atoms with Gasteiger partial charge in [0.2, 0.25) is 5.78 Å². The lowest BCUT2D eigenvalue weighted by atomic mass is 9.58. The van der Waals surface area contributed by atoms with Crippen LogP contribution < -0.4 is 0 Å². The zero-order chi connectivity index (χ0) is 19.3. The number of carbonyl (C=O) groups excluding carboxylic acids is 1. The number of allylic oxidation sites excluding steroid dienone is 2. The van der Waals surface area contributed by atoms with Gasteiger partial charge in [0, 0.05) is 12.1 Å². The van der Waals surface area contributed by atoms with E-state index in [1.165, 1.54) is 6.07 Å². The van der Waals surface area contributed by atoms with Gasteiger partial charge in [-0.1, -0.05) is 36.4 Å². The topological polar surface area (TPSA) is 29.4 Å². The summed E-state index contributed by atoms with van der Waals surface area (Å²) in [6, 6.07) is 3.32. The van der Waals surface area contributed by atoms with Gasteiger partial charge in [-0.15, -0.1) is 0 Å². The Balaban J connectivity index is 2.50. The Morgan fingerprint density at radius 3 is 2.15 bits per heavy atom. The van der Waals surface area contributed by atoms with Gasteiger partial charge >= 0.3 is 12.4 Å². The van der Waals surface area contributed by atoms with Gasteiger partial charge < -0.3 is 0 Å². The molecule has 0 spiro atoms. The quantitative estimate of drug-likeness (QED) is 0.664. The van der Waals surface area contributed by atoms with Crippen molar-refractivity contribution >= 4 is 12.0 Å². The molecule has 1 heterocycles. The monoisotopic (exact) mass is 377 g/mol. The first-order valence-corrected chi connectivity index (χ1v) is 7.36. The fourth-order valence-electron chi connectivity index (χ4n) is 3.59. The van der Waals surface area contributed by atoms with Crippen molar-refractivity contribution < 1.29 is 35.5 Å². The predicted molar refractivity (Wildman–Crippen MR) is 78.3 cm³/mol. The summed E-state index contributed by atoms with van der Waals surface area (Å²) in [5.74, 6) is -6.22. The predicted octanol–water partition coefficient (Wildman–Crippen LogP) is 4.48. The molecular formula is C17H10F7NO. The first-order chi connectivity index (χ1) is 12.0. The van der Waals surface area contributed by atoms with Gasteiger partial charge in [-0.3, -0.25) is 9.79 Å². The number of carbonyl (C=O) groups is 1. The summed E-state index contributed by atoms with van der Waals surface area (Å²) >= 11 is 0. The van der Waals surface area contributed by atoms with E-state index in [4.69, 9.17) is 0 Å². The first kappa shape index (κ1) is 18.3. The van der Waals surface area contributed by atoms with Crippen LogP contribution in [0.15, 0.2) is 58.9 Å². The highest BCUT2D eigenvalue weighted by Gasteiger charge is 2.72. The molecule has 0 radical (unpaired) electrons. The standard InChI is InChI=1S/C17H10F7NO/c18-11-13(26)12-10(7-4-8-25-12)15(17(22,23)24,14(11)16(19,20)21)9-5-2-1-3-6-9/h1-8,10,12H/t10-,12?,15+/m0/s1. The third kappa shape index (κ3) is 2.40. The summed E-state index contributed by atoms with van der Waals surface area (Å²) in [7, 11) is 0. The molecule has 2 nitrogen and oxygen atoms in total. The van der Waals surface area contributed by atoms with E-state index in [-0.39, 0.29) is 0 Å². The average molecular weight is 377 g/mol. The smallest absolute Gasteiger partial charge is 0.289 e. The molecule has 3 rings (SSSR count). The van der Waals surface area contributed by atoms with Crippen LogP contribution in [0.25, 0.3) is 0 Å². The number of nitrogens with zero attached hydrogens (tertiary/aromatic N) is 1. The molecule has 0 amide bonds. The van der Waals surface area contributed by atoms with Crippen molar-refractivity contribution in [3.63, 3.8) is 0 Å². The van der Waals surface area contributed by atoms with Crippen LogP contribution in [-0.4, -0.2) is 30.4 Å². The van der Waals surface area contributed by atoms with Crippen molar-refractivity contribution in [2.45, 2.75) is 23.8 Å². The highest BCUT2D eigenvalue weighted by atomic mass is 19.4. The maximum Gasteiger partial charge on any atom is 0.416 e. The summed E-state index contributed by atoms with van der Waals surface area (Å²) in [6.07, 6.45) is -8.44. The largest absolute Gasteiger partial charge is 0.416 e. The van der Waals surface area contributed by atoms with Crippen LogP contribution in [0.5, 0.6) is 0 Å². The molecule has 26 heavy (non-hydrogen) atoms. The van der Waals surface area contributed by atoms with Gasteiger partial charge in [-0.2, -0.15) is 26.3 Å². The molecule has 3 atom stereocenters. The highest BCUT2D eigenvalue weighted by molar-refractivity contribution is 6.02. The summed E-state index contributed by atoms with van der Waals surface area (Å²) in [4.78, 5) is 15.5. The van der Waals surface area contributed by atoms with E-state index in [0.717, 1.165) is 42.6 Å². The highest BCUT2D eigenvalue weighted by Crippen LogP contribution is 2.60. The van der Waals surface area contributed by atoms with Crippen molar-refractivity contribution in [2.24, 2.45) is 10.9 Å². The molecule has 0 saturated heterocycles. The fourth-order valence-corrected chi connectivity index (χ4v) is 3.59. The van der Waals surface area contributed by atoms with Crippen LogP contribution in [0, 0.1) is 5.92 Å².